The smallest absolute Gasteiger partial charge is 0.145 e. The van der Waals surface area contributed by atoms with Crippen LogP contribution in [-0.2, 0) is 4.84 Å². The van der Waals surface area contributed by atoms with Crippen molar-refractivity contribution in [3.63, 3.8) is 0 Å². The molecule has 2 atom stereocenters. The van der Waals surface area contributed by atoms with Gasteiger partial charge in [-0.3, -0.25) is 4.90 Å². The summed E-state index contributed by atoms with van der Waals surface area (Å²) in [7, 11) is 0. The lowest BCUT2D eigenvalue weighted by Gasteiger charge is -2.29. The van der Waals surface area contributed by atoms with Gasteiger partial charge in [0.1, 0.15) is 6.10 Å². The third-order valence-electron chi connectivity index (χ3n) is 3.73. The lowest BCUT2D eigenvalue weighted by Crippen LogP contribution is -2.42. The predicted molar refractivity (Wildman–Crippen MR) is 85.4 cm³/mol. The quantitative estimate of drug-likeness (QED) is 0.784. The van der Waals surface area contributed by atoms with E-state index in [2.05, 4.69) is 23.6 Å². The number of aliphatic hydroxyl groups is 1. The van der Waals surface area contributed by atoms with E-state index in [0.29, 0.717) is 6.54 Å². The molecule has 1 aromatic carbocycles. The van der Waals surface area contributed by atoms with E-state index in [0.717, 1.165) is 30.8 Å². The van der Waals surface area contributed by atoms with Gasteiger partial charge in [-0.1, -0.05) is 48.5 Å². The molecule has 4 nitrogen and oxygen atoms in total. The van der Waals surface area contributed by atoms with Crippen LogP contribution in [0.3, 0.4) is 0 Å². The largest absolute Gasteiger partial charge is 0.390 e. The normalized spacial score (nSPS) is 20.8. The molecule has 114 valence electrons. The molecule has 1 aliphatic heterocycles. The van der Waals surface area contributed by atoms with Gasteiger partial charge >= 0.3 is 0 Å². The summed E-state index contributed by atoms with van der Waals surface area (Å²) in [6, 6.07) is 10.1. The minimum atomic E-state index is -0.877. The van der Waals surface area contributed by atoms with Gasteiger partial charge < -0.3 is 9.94 Å². The molecule has 0 fully saturated rings. The lowest BCUT2D eigenvalue weighted by atomic mass is 10.0. The van der Waals surface area contributed by atoms with Crippen molar-refractivity contribution < 1.29 is 9.94 Å². The number of benzene rings is 1. The predicted octanol–water partition coefficient (Wildman–Crippen LogP) is 2.44. The van der Waals surface area contributed by atoms with Gasteiger partial charge in [-0.2, -0.15) is 0 Å². The highest BCUT2D eigenvalue weighted by molar-refractivity contribution is 6.01. The fraction of sp³-hybridized carbons (Fsp3) is 0.471. The number of hydrogen-bond acceptors (Lipinski definition) is 4. The number of rotatable bonds is 7. The van der Waals surface area contributed by atoms with E-state index in [9.17, 15) is 5.11 Å². The van der Waals surface area contributed by atoms with Gasteiger partial charge in [0.15, 0.2) is 0 Å². The fourth-order valence-electron chi connectivity index (χ4n) is 2.44. The van der Waals surface area contributed by atoms with Crippen LogP contribution in [0.1, 0.15) is 25.8 Å². The van der Waals surface area contributed by atoms with E-state index in [1.54, 1.807) is 13.0 Å². The van der Waals surface area contributed by atoms with E-state index < -0.39 is 5.60 Å². The zero-order valence-corrected chi connectivity index (χ0v) is 12.8. The van der Waals surface area contributed by atoms with Crippen LogP contribution in [0.15, 0.2) is 48.1 Å². The Morgan fingerprint density at radius 2 is 2.19 bits per heavy atom. The van der Waals surface area contributed by atoms with Crippen LogP contribution >= 0.6 is 0 Å². The van der Waals surface area contributed by atoms with Gasteiger partial charge in [-0.25, -0.2) is 0 Å². The Bertz CT molecular complexity index is 497. The van der Waals surface area contributed by atoms with Gasteiger partial charge in [-0.05, 0) is 19.0 Å². The third kappa shape index (κ3) is 4.41. The molecule has 0 saturated heterocycles. The zero-order valence-electron chi connectivity index (χ0n) is 12.8. The third-order valence-corrected chi connectivity index (χ3v) is 3.73. The maximum Gasteiger partial charge on any atom is 0.145 e. The highest BCUT2D eigenvalue weighted by Gasteiger charge is 2.26. The summed E-state index contributed by atoms with van der Waals surface area (Å²) < 4.78 is 0. The Kier molecular flexibility index (Phi) is 5.15. The number of nitrogens with zero attached hydrogens (tertiary/aromatic N) is 2. The molecule has 0 spiro atoms. The van der Waals surface area contributed by atoms with Crippen molar-refractivity contribution in [3.05, 3.63) is 48.6 Å². The van der Waals surface area contributed by atoms with Crippen molar-refractivity contribution in [2.75, 3.05) is 19.6 Å². The second-order valence-electron chi connectivity index (χ2n) is 5.72. The molecular weight excluding hydrogens is 264 g/mol. The minimum absolute atomic E-state index is 0.0424. The van der Waals surface area contributed by atoms with Crippen LogP contribution in [0.5, 0.6) is 0 Å². The summed E-state index contributed by atoms with van der Waals surface area (Å²) in [5.41, 5.74) is 1.23. The molecule has 1 aliphatic rings. The first-order valence-corrected chi connectivity index (χ1v) is 7.40. The van der Waals surface area contributed by atoms with Crippen molar-refractivity contribution in [1.82, 2.24) is 4.90 Å². The Morgan fingerprint density at radius 1 is 1.48 bits per heavy atom. The summed E-state index contributed by atoms with van der Waals surface area (Å²) in [6.07, 6.45) is 2.43. The summed E-state index contributed by atoms with van der Waals surface area (Å²) in [4.78, 5) is 7.70. The summed E-state index contributed by atoms with van der Waals surface area (Å²) in [6.45, 7) is 9.67. The van der Waals surface area contributed by atoms with Crippen LogP contribution in [0, 0.1) is 0 Å². The van der Waals surface area contributed by atoms with Crippen molar-refractivity contribution >= 4 is 5.71 Å². The molecule has 0 bridgehead atoms. The van der Waals surface area contributed by atoms with Crippen LogP contribution in [0.2, 0.25) is 0 Å². The van der Waals surface area contributed by atoms with Gasteiger partial charge in [0, 0.05) is 19.5 Å². The van der Waals surface area contributed by atoms with Crippen molar-refractivity contribution in [2.24, 2.45) is 5.16 Å². The zero-order chi connectivity index (χ0) is 15.3. The lowest BCUT2D eigenvalue weighted by molar-refractivity contribution is 0.0200. The van der Waals surface area contributed by atoms with Crippen molar-refractivity contribution in [3.8, 4) is 0 Å². The SMILES string of the molecule is C=CC(C)(O)CN(CC)CC1CC(c2ccccc2)=NO1. The molecule has 0 amide bonds. The second-order valence-corrected chi connectivity index (χ2v) is 5.72. The monoisotopic (exact) mass is 288 g/mol. The molecule has 21 heavy (non-hydrogen) atoms. The van der Waals surface area contributed by atoms with E-state index in [1.165, 1.54) is 0 Å². The Morgan fingerprint density at radius 3 is 2.81 bits per heavy atom. The van der Waals surface area contributed by atoms with Crippen LogP contribution in [0.4, 0.5) is 0 Å². The number of likely N-dealkylation sites (N-methyl/N-ethyl adjacent to an activating group) is 1. The van der Waals surface area contributed by atoms with Crippen molar-refractivity contribution in [1.29, 1.82) is 0 Å². The Labute approximate surface area is 126 Å². The minimum Gasteiger partial charge on any atom is -0.390 e. The van der Waals surface area contributed by atoms with Gasteiger partial charge in [-0.15, -0.1) is 6.58 Å². The number of oxime groups is 1. The van der Waals surface area contributed by atoms with Gasteiger partial charge in [0.25, 0.3) is 0 Å². The maximum absolute atomic E-state index is 10.1. The highest BCUT2D eigenvalue weighted by Crippen LogP contribution is 2.18. The topological polar surface area (TPSA) is 45.1 Å². The van der Waals surface area contributed by atoms with E-state index in [4.69, 9.17) is 4.84 Å². The Hall–Kier alpha value is -1.65. The molecule has 1 N–H and O–H groups in total. The molecular formula is C17H24N2O2. The average molecular weight is 288 g/mol. The molecule has 1 aromatic rings. The van der Waals surface area contributed by atoms with E-state index in [1.807, 2.05) is 30.3 Å². The maximum atomic E-state index is 10.1. The van der Waals surface area contributed by atoms with Gasteiger partial charge in [0.2, 0.25) is 0 Å². The molecule has 1 heterocycles. The molecule has 2 rings (SSSR count). The summed E-state index contributed by atoms with van der Waals surface area (Å²) in [5.74, 6) is 0. The molecule has 4 heteroatoms. The fourth-order valence-corrected chi connectivity index (χ4v) is 2.44. The molecule has 0 aromatic heterocycles. The second kappa shape index (κ2) is 6.87. The molecule has 0 aliphatic carbocycles. The standard InChI is InChI=1S/C17H24N2O2/c1-4-17(3,20)13-19(5-2)12-15-11-16(18-21-15)14-9-7-6-8-10-14/h4,6-10,15,20H,1,5,11-13H2,2-3H3. The molecule has 2 unspecified atom stereocenters. The Balaban J connectivity index is 1.89. The first-order chi connectivity index (χ1) is 10.0. The van der Waals surface area contributed by atoms with Gasteiger partial charge in [0.05, 0.1) is 11.3 Å². The first-order valence-electron chi connectivity index (χ1n) is 7.40. The van der Waals surface area contributed by atoms with Crippen LogP contribution < -0.4 is 0 Å². The van der Waals surface area contributed by atoms with Crippen LogP contribution in [-0.4, -0.2) is 47.1 Å². The van der Waals surface area contributed by atoms with E-state index in [-0.39, 0.29) is 6.10 Å². The van der Waals surface area contributed by atoms with Crippen molar-refractivity contribution in [2.45, 2.75) is 32.0 Å². The molecule has 0 saturated carbocycles. The summed E-state index contributed by atoms with van der Waals surface area (Å²) >= 11 is 0. The number of hydrogen-bond donors (Lipinski definition) is 1. The first kappa shape index (κ1) is 15.7. The van der Waals surface area contributed by atoms with Crippen LogP contribution in [0.25, 0.3) is 0 Å². The molecule has 0 radical (unpaired) electrons. The van der Waals surface area contributed by atoms with E-state index >= 15 is 0 Å². The average Bonchev–Trinajstić information content (AvgIpc) is 2.96. The highest BCUT2D eigenvalue weighted by atomic mass is 16.6. The summed E-state index contributed by atoms with van der Waals surface area (Å²) in [5, 5.41) is 14.3.